The minimum Gasteiger partial charge on any atom is -0.301 e. The minimum atomic E-state index is -0.138. The van der Waals surface area contributed by atoms with E-state index in [1.807, 2.05) is 25.1 Å². The Balaban J connectivity index is 1.51. The maximum Gasteiger partial charge on any atom is 0.266 e. The fraction of sp³-hybridized carbons (Fsp3) is 0.350. The van der Waals surface area contributed by atoms with Crippen molar-refractivity contribution in [3.05, 3.63) is 45.3 Å². The first-order chi connectivity index (χ1) is 14.0. The summed E-state index contributed by atoms with van der Waals surface area (Å²) in [5, 5.41) is 12.1. The molecule has 9 heteroatoms. The van der Waals surface area contributed by atoms with Gasteiger partial charge in [-0.3, -0.25) is 14.5 Å². The fourth-order valence-corrected chi connectivity index (χ4v) is 4.72. The highest BCUT2D eigenvalue weighted by Crippen LogP contribution is 2.32. The number of aryl methyl sites for hydroxylation is 2. The number of nitrogens with zero attached hydrogens (tertiary/aromatic N) is 3. The molecule has 2 aromatic rings. The first-order valence-corrected chi connectivity index (χ1v) is 11.5. The van der Waals surface area contributed by atoms with E-state index in [1.165, 1.54) is 28.7 Å². The molecule has 0 aliphatic carbocycles. The third kappa shape index (κ3) is 5.71. The summed E-state index contributed by atoms with van der Waals surface area (Å²) in [6.45, 7) is 4.51. The van der Waals surface area contributed by atoms with Crippen molar-refractivity contribution in [2.75, 3.05) is 11.9 Å². The van der Waals surface area contributed by atoms with E-state index in [0.29, 0.717) is 27.3 Å². The Labute approximate surface area is 183 Å². The van der Waals surface area contributed by atoms with Gasteiger partial charge in [0.2, 0.25) is 11.0 Å². The molecule has 1 aliphatic rings. The monoisotopic (exact) mass is 446 g/mol. The highest BCUT2D eigenvalue weighted by atomic mass is 32.2. The number of thiocarbonyl (C=S) groups is 1. The number of hydrogen-bond acceptors (Lipinski definition) is 7. The van der Waals surface area contributed by atoms with Gasteiger partial charge in [-0.2, -0.15) is 0 Å². The number of carbonyl (C=O) groups is 2. The van der Waals surface area contributed by atoms with Gasteiger partial charge in [0.1, 0.15) is 9.33 Å². The Bertz CT molecular complexity index is 937. The molecule has 1 aromatic carbocycles. The number of benzene rings is 1. The molecule has 0 spiro atoms. The smallest absolute Gasteiger partial charge is 0.266 e. The van der Waals surface area contributed by atoms with Crippen molar-refractivity contribution in [1.82, 2.24) is 15.1 Å². The quantitative estimate of drug-likeness (QED) is 0.482. The molecular weight excluding hydrogens is 424 g/mol. The van der Waals surface area contributed by atoms with Crippen LogP contribution in [0.3, 0.4) is 0 Å². The van der Waals surface area contributed by atoms with Crippen LogP contribution in [0.2, 0.25) is 0 Å². The summed E-state index contributed by atoms with van der Waals surface area (Å²) in [7, 11) is 0. The van der Waals surface area contributed by atoms with Crippen molar-refractivity contribution in [1.29, 1.82) is 0 Å². The standard InChI is InChI=1S/C20H22N4O2S3/c1-3-13-7-9-14(10-8-13)12-15-18(26)24(20(27)28-15)11-5-6-16(25)21-19-23-22-17(4-2)29-19/h7-10,12H,3-6,11H2,1-2H3,(H,21,23,25)/b15-12-. The van der Waals surface area contributed by atoms with E-state index in [1.54, 1.807) is 4.90 Å². The predicted octanol–water partition coefficient (Wildman–Crippen LogP) is 4.28. The van der Waals surface area contributed by atoms with Crippen molar-refractivity contribution < 1.29 is 9.59 Å². The average molecular weight is 447 g/mol. The van der Waals surface area contributed by atoms with E-state index in [4.69, 9.17) is 12.2 Å². The normalized spacial score (nSPS) is 15.4. The number of anilines is 1. The first kappa shape index (κ1) is 21.6. The van der Waals surface area contributed by atoms with Crippen molar-refractivity contribution in [2.45, 2.75) is 39.5 Å². The predicted molar refractivity (Wildman–Crippen MR) is 123 cm³/mol. The molecule has 1 N–H and O–H groups in total. The van der Waals surface area contributed by atoms with Crippen LogP contribution in [0.5, 0.6) is 0 Å². The molecule has 6 nitrogen and oxygen atoms in total. The number of aromatic nitrogens is 2. The van der Waals surface area contributed by atoms with Crippen molar-refractivity contribution in [2.24, 2.45) is 0 Å². The van der Waals surface area contributed by atoms with Gasteiger partial charge in [0.25, 0.3) is 5.91 Å². The van der Waals surface area contributed by atoms with E-state index >= 15 is 0 Å². The number of hydrogen-bond donors (Lipinski definition) is 1. The zero-order valence-electron chi connectivity index (χ0n) is 16.3. The third-order valence-electron chi connectivity index (χ3n) is 4.36. The van der Waals surface area contributed by atoms with Crippen LogP contribution in [-0.4, -0.2) is 37.8 Å². The second-order valence-corrected chi connectivity index (χ2v) is 9.17. The first-order valence-electron chi connectivity index (χ1n) is 9.46. The van der Waals surface area contributed by atoms with E-state index in [2.05, 4.69) is 34.6 Å². The highest BCUT2D eigenvalue weighted by Gasteiger charge is 2.31. The minimum absolute atomic E-state index is 0.100. The largest absolute Gasteiger partial charge is 0.301 e. The van der Waals surface area contributed by atoms with Gasteiger partial charge in [-0.1, -0.05) is 73.4 Å². The molecule has 1 aromatic heterocycles. The Morgan fingerprint density at radius 2 is 1.97 bits per heavy atom. The van der Waals surface area contributed by atoms with Crippen molar-refractivity contribution in [3.8, 4) is 0 Å². The zero-order valence-corrected chi connectivity index (χ0v) is 18.8. The Morgan fingerprint density at radius 3 is 2.62 bits per heavy atom. The van der Waals surface area contributed by atoms with Crippen LogP contribution >= 0.6 is 35.3 Å². The van der Waals surface area contributed by atoms with Crippen LogP contribution in [-0.2, 0) is 22.4 Å². The van der Waals surface area contributed by atoms with Crippen molar-refractivity contribution >= 4 is 62.7 Å². The maximum absolute atomic E-state index is 12.7. The Kier molecular flexibility index (Phi) is 7.51. The molecule has 29 heavy (non-hydrogen) atoms. The van der Waals surface area contributed by atoms with Crippen LogP contribution in [0.25, 0.3) is 6.08 Å². The molecule has 0 radical (unpaired) electrons. The van der Waals surface area contributed by atoms with Crippen LogP contribution in [0.1, 0.15) is 42.8 Å². The van der Waals surface area contributed by atoms with E-state index < -0.39 is 0 Å². The average Bonchev–Trinajstić information content (AvgIpc) is 3.27. The Morgan fingerprint density at radius 1 is 1.21 bits per heavy atom. The van der Waals surface area contributed by atoms with Crippen LogP contribution < -0.4 is 5.32 Å². The second kappa shape index (κ2) is 10.1. The SMILES string of the molecule is CCc1ccc(/C=C2\SC(=S)N(CCCC(=O)Nc3nnc(CC)s3)C2=O)cc1. The molecule has 0 unspecified atom stereocenters. The van der Waals surface area contributed by atoms with Gasteiger partial charge in [-0.05, 0) is 36.5 Å². The molecule has 2 heterocycles. The summed E-state index contributed by atoms with van der Waals surface area (Å²) in [6.07, 6.45) is 4.45. The highest BCUT2D eigenvalue weighted by molar-refractivity contribution is 8.26. The maximum atomic E-state index is 12.7. The lowest BCUT2D eigenvalue weighted by Gasteiger charge is -2.13. The van der Waals surface area contributed by atoms with Gasteiger partial charge in [-0.15, -0.1) is 10.2 Å². The number of carbonyl (C=O) groups excluding carboxylic acids is 2. The number of thioether (sulfide) groups is 1. The van der Waals surface area contributed by atoms with Crippen LogP contribution in [0.15, 0.2) is 29.2 Å². The molecule has 3 rings (SSSR count). The lowest BCUT2D eigenvalue weighted by molar-refractivity contribution is -0.122. The summed E-state index contributed by atoms with van der Waals surface area (Å²) in [6, 6.07) is 8.14. The summed E-state index contributed by atoms with van der Waals surface area (Å²) in [4.78, 5) is 26.9. The lowest BCUT2D eigenvalue weighted by atomic mass is 10.1. The van der Waals surface area contributed by atoms with Gasteiger partial charge in [0.15, 0.2) is 0 Å². The zero-order chi connectivity index (χ0) is 20.8. The molecular formula is C20H22N4O2S3. The topological polar surface area (TPSA) is 75.2 Å². The van der Waals surface area contributed by atoms with Gasteiger partial charge >= 0.3 is 0 Å². The molecule has 0 atom stereocenters. The molecule has 0 saturated carbocycles. The van der Waals surface area contributed by atoms with E-state index in [9.17, 15) is 9.59 Å². The molecule has 2 amide bonds. The van der Waals surface area contributed by atoms with Crippen LogP contribution in [0.4, 0.5) is 5.13 Å². The third-order valence-corrected chi connectivity index (χ3v) is 6.72. The van der Waals surface area contributed by atoms with Gasteiger partial charge in [-0.25, -0.2) is 0 Å². The number of amides is 2. The van der Waals surface area contributed by atoms with Gasteiger partial charge in [0, 0.05) is 13.0 Å². The number of rotatable bonds is 8. The second-order valence-electron chi connectivity index (χ2n) is 6.43. The van der Waals surface area contributed by atoms with E-state index in [-0.39, 0.29) is 18.2 Å². The Hall–Kier alpha value is -2.10. The summed E-state index contributed by atoms with van der Waals surface area (Å²) < 4.78 is 0.531. The number of nitrogens with one attached hydrogen (secondary N) is 1. The lowest BCUT2D eigenvalue weighted by Crippen LogP contribution is -2.29. The fourth-order valence-electron chi connectivity index (χ4n) is 2.72. The summed E-state index contributed by atoms with van der Waals surface area (Å²) in [5.74, 6) is -0.238. The van der Waals surface area contributed by atoms with Crippen molar-refractivity contribution in [3.63, 3.8) is 0 Å². The van der Waals surface area contributed by atoms with E-state index in [0.717, 1.165) is 23.4 Å². The molecule has 152 valence electrons. The van der Waals surface area contributed by atoms with Crippen LogP contribution in [0, 0.1) is 0 Å². The molecule has 1 saturated heterocycles. The molecule has 0 bridgehead atoms. The summed E-state index contributed by atoms with van der Waals surface area (Å²) in [5.41, 5.74) is 2.23. The summed E-state index contributed by atoms with van der Waals surface area (Å²) >= 11 is 8.04. The van der Waals surface area contributed by atoms with Gasteiger partial charge < -0.3 is 5.32 Å². The molecule has 1 fully saturated rings. The van der Waals surface area contributed by atoms with Gasteiger partial charge in [0.05, 0.1) is 4.91 Å². The molecule has 1 aliphatic heterocycles.